The quantitative estimate of drug-likeness (QED) is 0.378. The molecule has 19 heavy (non-hydrogen) atoms. The summed E-state index contributed by atoms with van der Waals surface area (Å²) in [5.41, 5.74) is 3.65. The number of unbranched alkanes of at least 4 members (excludes halogenated alkanes) is 2. The minimum Gasteiger partial charge on any atom is -0.870 e. The van der Waals surface area contributed by atoms with E-state index in [-0.39, 0.29) is 40.9 Å². The largest absolute Gasteiger partial charge is 1.00 e. The number of aliphatic carboxylic acids is 1. The molecule has 1 amide bonds. The van der Waals surface area contributed by atoms with Gasteiger partial charge in [0.2, 0.25) is 5.91 Å². The summed E-state index contributed by atoms with van der Waals surface area (Å²) in [5, 5.41) is 11.0. The number of quaternary nitrogens is 1. The smallest absolute Gasteiger partial charge is 0.870 e. The number of hydrogen-bond acceptors (Lipinski definition) is 3. The van der Waals surface area contributed by atoms with Crippen LogP contribution in [0.2, 0.25) is 0 Å². The zero-order valence-electron chi connectivity index (χ0n) is 12.0. The van der Waals surface area contributed by atoms with Crippen LogP contribution in [-0.4, -0.2) is 35.5 Å². The third-order valence-corrected chi connectivity index (χ3v) is 2.54. The Balaban J connectivity index is -0.000000244. The third kappa shape index (κ3) is 20.3. The van der Waals surface area contributed by atoms with E-state index < -0.39 is 5.97 Å². The Morgan fingerprint density at radius 3 is 2.47 bits per heavy atom. The van der Waals surface area contributed by atoms with Crippen molar-refractivity contribution in [1.82, 2.24) is 5.32 Å². The first-order chi connectivity index (χ1) is 8.16. The SMILES string of the molecule is O=C1CCCCCN1.[NH3+]CCCCCC(=O)O.[Na+].[OH-]. The molecular weight excluding hydrogens is 259 g/mol. The van der Waals surface area contributed by atoms with Gasteiger partial charge in [0.25, 0.3) is 0 Å². The number of carbonyl (C=O) groups excluding carboxylic acids is 1. The van der Waals surface area contributed by atoms with Crippen LogP contribution in [0.25, 0.3) is 0 Å². The van der Waals surface area contributed by atoms with Crippen LogP contribution < -0.4 is 40.6 Å². The molecule has 6 N–H and O–H groups in total. The van der Waals surface area contributed by atoms with Crippen LogP contribution in [-0.2, 0) is 9.59 Å². The second-order valence-electron chi connectivity index (χ2n) is 4.22. The first-order valence-corrected chi connectivity index (χ1v) is 6.44. The second kappa shape index (κ2) is 17.9. The molecule has 1 heterocycles. The molecule has 6 nitrogen and oxygen atoms in total. The standard InChI is InChI=1S/C6H13NO2.C6H11NO.Na.H2O/c7-5-3-1-2-4-6(8)9;8-6-4-2-1-3-5-7-6;;/h1-5,7H2,(H,8,9);1-5H2,(H,7,8);;1H2/q;;+1;. The predicted octanol–water partition coefficient (Wildman–Crippen LogP) is -2.62. The van der Waals surface area contributed by atoms with Crippen molar-refractivity contribution in [3.63, 3.8) is 0 Å². The molecular formula is C12H26N2NaO4+. The Kier molecular flexibility index (Phi) is 22.5. The first kappa shape index (κ1) is 23.9. The maximum atomic E-state index is 10.6. The van der Waals surface area contributed by atoms with Gasteiger partial charge in [-0.2, -0.15) is 0 Å². The zero-order chi connectivity index (χ0) is 12.9. The number of rotatable bonds is 5. The molecule has 1 saturated heterocycles. The third-order valence-electron chi connectivity index (χ3n) is 2.54. The van der Waals surface area contributed by atoms with Crippen molar-refractivity contribution in [3.05, 3.63) is 0 Å². The van der Waals surface area contributed by atoms with E-state index in [1.165, 1.54) is 6.42 Å². The Morgan fingerprint density at radius 2 is 1.89 bits per heavy atom. The molecule has 0 radical (unpaired) electrons. The van der Waals surface area contributed by atoms with Crippen LogP contribution >= 0.6 is 0 Å². The van der Waals surface area contributed by atoms with E-state index in [2.05, 4.69) is 11.1 Å². The summed E-state index contributed by atoms with van der Waals surface area (Å²) in [5.74, 6) is -0.471. The molecule has 0 aromatic heterocycles. The van der Waals surface area contributed by atoms with Gasteiger partial charge < -0.3 is 21.6 Å². The van der Waals surface area contributed by atoms with Crippen molar-refractivity contribution in [2.75, 3.05) is 13.1 Å². The van der Waals surface area contributed by atoms with Gasteiger partial charge in [-0.05, 0) is 32.1 Å². The van der Waals surface area contributed by atoms with Crippen LogP contribution in [0.5, 0.6) is 0 Å². The summed E-state index contributed by atoms with van der Waals surface area (Å²) in [6.07, 6.45) is 7.32. The van der Waals surface area contributed by atoms with Crippen molar-refractivity contribution in [2.45, 2.75) is 51.4 Å². The number of hydrogen-bond donors (Lipinski definition) is 3. The van der Waals surface area contributed by atoms with Gasteiger partial charge in [0.05, 0.1) is 6.54 Å². The molecule has 1 aliphatic heterocycles. The maximum absolute atomic E-state index is 10.6. The fourth-order valence-corrected chi connectivity index (χ4v) is 1.53. The van der Waals surface area contributed by atoms with E-state index in [4.69, 9.17) is 5.11 Å². The maximum Gasteiger partial charge on any atom is 1.00 e. The van der Waals surface area contributed by atoms with Crippen LogP contribution in [0.15, 0.2) is 0 Å². The normalized spacial score (nSPS) is 13.6. The summed E-state index contributed by atoms with van der Waals surface area (Å²) in [7, 11) is 0. The minimum absolute atomic E-state index is 0. The number of carboxylic acid groups (broad SMARTS) is 1. The average Bonchev–Trinajstić information content (AvgIpc) is 2.53. The zero-order valence-corrected chi connectivity index (χ0v) is 14.0. The molecule has 7 heteroatoms. The Morgan fingerprint density at radius 1 is 1.21 bits per heavy atom. The van der Waals surface area contributed by atoms with Crippen molar-refractivity contribution >= 4 is 11.9 Å². The van der Waals surface area contributed by atoms with E-state index in [0.29, 0.717) is 6.42 Å². The monoisotopic (exact) mass is 285 g/mol. The molecule has 0 saturated carbocycles. The minimum atomic E-state index is -0.695. The van der Waals surface area contributed by atoms with E-state index in [9.17, 15) is 9.59 Å². The first-order valence-electron chi connectivity index (χ1n) is 6.44. The number of amides is 1. The van der Waals surface area contributed by atoms with Crippen molar-refractivity contribution in [3.8, 4) is 0 Å². The van der Waals surface area contributed by atoms with Gasteiger partial charge in [0.15, 0.2) is 0 Å². The Hall–Kier alpha value is -0.140. The van der Waals surface area contributed by atoms with Crippen LogP contribution in [0.1, 0.15) is 51.4 Å². The fraction of sp³-hybridized carbons (Fsp3) is 0.833. The van der Waals surface area contributed by atoms with Gasteiger partial charge in [-0.15, -0.1) is 0 Å². The number of carbonyl (C=O) groups is 2. The van der Waals surface area contributed by atoms with Crippen molar-refractivity contribution in [1.29, 1.82) is 0 Å². The molecule has 1 rings (SSSR count). The number of carboxylic acids is 1. The van der Waals surface area contributed by atoms with E-state index in [1.807, 2.05) is 0 Å². The van der Waals surface area contributed by atoms with Gasteiger partial charge in [-0.3, -0.25) is 9.59 Å². The van der Waals surface area contributed by atoms with E-state index in [1.54, 1.807) is 0 Å². The summed E-state index contributed by atoms with van der Waals surface area (Å²) in [6, 6.07) is 0. The molecule has 0 unspecified atom stereocenters. The van der Waals surface area contributed by atoms with Gasteiger partial charge in [-0.25, -0.2) is 0 Å². The predicted molar refractivity (Wildman–Crippen MR) is 67.3 cm³/mol. The second-order valence-corrected chi connectivity index (χ2v) is 4.22. The van der Waals surface area contributed by atoms with E-state index in [0.717, 1.165) is 51.6 Å². The van der Waals surface area contributed by atoms with Crippen LogP contribution in [0.3, 0.4) is 0 Å². The molecule has 0 aromatic carbocycles. The molecule has 1 fully saturated rings. The van der Waals surface area contributed by atoms with Gasteiger partial charge in [0, 0.05) is 19.4 Å². The molecule has 1 aliphatic rings. The van der Waals surface area contributed by atoms with Crippen molar-refractivity contribution < 1.29 is 55.5 Å². The van der Waals surface area contributed by atoms with Crippen LogP contribution in [0, 0.1) is 0 Å². The fourth-order valence-electron chi connectivity index (χ4n) is 1.53. The van der Waals surface area contributed by atoms with Crippen LogP contribution in [0.4, 0.5) is 0 Å². The summed E-state index contributed by atoms with van der Waals surface area (Å²) in [6.45, 7) is 1.80. The summed E-state index contributed by atoms with van der Waals surface area (Å²) < 4.78 is 0. The number of nitrogens with one attached hydrogen (secondary N) is 1. The molecule has 0 atom stereocenters. The van der Waals surface area contributed by atoms with Crippen molar-refractivity contribution in [2.24, 2.45) is 0 Å². The Labute approximate surface area is 137 Å². The molecule has 0 aromatic rings. The Bertz CT molecular complexity index is 218. The molecule has 108 valence electrons. The molecule has 0 spiro atoms. The molecule has 0 bridgehead atoms. The van der Waals surface area contributed by atoms with Gasteiger partial charge in [-0.1, -0.05) is 6.42 Å². The summed E-state index contributed by atoms with van der Waals surface area (Å²) in [4.78, 5) is 20.5. The van der Waals surface area contributed by atoms with Gasteiger partial charge in [0.1, 0.15) is 0 Å². The average molecular weight is 285 g/mol. The van der Waals surface area contributed by atoms with Gasteiger partial charge >= 0.3 is 35.5 Å². The van der Waals surface area contributed by atoms with E-state index >= 15 is 0 Å². The topological polar surface area (TPSA) is 124 Å². The summed E-state index contributed by atoms with van der Waals surface area (Å²) >= 11 is 0. The molecule has 0 aliphatic carbocycles.